The van der Waals surface area contributed by atoms with Crippen LogP contribution < -0.4 is 20.3 Å². The number of sulfone groups is 1. The number of methoxy groups -OCH3 is 1. The molecule has 0 fully saturated rings. The van der Waals surface area contributed by atoms with Gasteiger partial charge in [0.1, 0.15) is 17.1 Å². The summed E-state index contributed by atoms with van der Waals surface area (Å²) in [7, 11) is -0.00520. The molecule has 2 N–H and O–H groups in total. The van der Waals surface area contributed by atoms with E-state index in [4.69, 9.17) is 16.3 Å². The highest BCUT2D eigenvalue weighted by molar-refractivity contribution is 7.92. The van der Waals surface area contributed by atoms with Crippen molar-refractivity contribution in [2.45, 2.75) is 24.0 Å². The van der Waals surface area contributed by atoms with Crippen LogP contribution in [0.5, 0.6) is 5.75 Å². The summed E-state index contributed by atoms with van der Waals surface area (Å²) in [6.45, 7) is 4.90. The van der Waals surface area contributed by atoms with Crippen LogP contribution in [0.4, 0.5) is 28.8 Å². The second-order valence-electron chi connectivity index (χ2n) is 8.42. The molecule has 1 aliphatic heterocycles. The van der Waals surface area contributed by atoms with Gasteiger partial charge in [-0.15, -0.1) is 0 Å². The molecule has 1 aliphatic rings. The molecule has 0 saturated heterocycles. The molecule has 0 bridgehead atoms. The molecule has 12 heteroatoms. The summed E-state index contributed by atoms with van der Waals surface area (Å²) in [5.41, 5.74) is 1.98. The molecule has 0 atom stereocenters. The fourth-order valence-corrected chi connectivity index (χ4v) is 4.85. The van der Waals surface area contributed by atoms with Crippen molar-refractivity contribution in [2.24, 2.45) is 5.10 Å². The van der Waals surface area contributed by atoms with Crippen LogP contribution in [0.3, 0.4) is 0 Å². The number of para-hydroxylation sites is 1. The highest BCUT2D eigenvalue weighted by atomic mass is 35.5. The van der Waals surface area contributed by atoms with E-state index in [0.29, 0.717) is 17.1 Å². The highest BCUT2D eigenvalue weighted by Gasteiger charge is 2.23. The lowest BCUT2D eigenvalue weighted by molar-refractivity contribution is 0.353. The Morgan fingerprint density at radius 3 is 2.56 bits per heavy atom. The van der Waals surface area contributed by atoms with E-state index in [2.05, 4.69) is 25.7 Å². The van der Waals surface area contributed by atoms with Gasteiger partial charge in [-0.25, -0.2) is 13.4 Å². The number of nitrogens with one attached hydrogen (secondary N) is 2. The molecule has 10 nitrogen and oxygen atoms in total. The Kier molecular flexibility index (Phi) is 7.51. The number of aromatic nitrogens is 2. The van der Waals surface area contributed by atoms with Gasteiger partial charge in [-0.3, -0.25) is 5.01 Å². The number of hydrogen-bond acceptors (Lipinski definition) is 10. The van der Waals surface area contributed by atoms with Crippen LogP contribution in [0.2, 0.25) is 5.02 Å². The summed E-state index contributed by atoms with van der Waals surface area (Å²) in [6, 6.07) is 12.4. The Morgan fingerprint density at radius 2 is 1.86 bits per heavy atom. The van der Waals surface area contributed by atoms with Gasteiger partial charge in [0.15, 0.2) is 15.7 Å². The number of rotatable bonds is 8. The van der Waals surface area contributed by atoms with E-state index < -0.39 is 15.1 Å². The van der Waals surface area contributed by atoms with Gasteiger partial charge in [-0.05, 0) is 38.1 Å². The van der Waals surface area contributed by atoms with Crippen LogP contribution in [0.25, 0.3) is 0 Å². The summed E-state index contributed by atoms with van der Waals surface area (Å²) < 4.78 is 31.2. The lowest BCUT2D eigenvalue weighted by atomic mass is 10.2. The van der Waals surface area contributed by atoms with Gasteiger partial charge in [0.2, 0.25) is 5.95 Å². The number of benzene rings is 2. The highest BCUT2D eigenvalue weighted by Crippen LogP contribution is 2.33. The zero-order chi connectivity index (χ0) is 25.9. The third-order valence-electron chi connectivity index (χ3n) is 5.63. The van der Waals surface area contributed by atoms with E-state index in [1.165, 1.54) is 6.20 Å². The maximum Gasteiger partial charge on any atom is 0.229 e. The maximum absolute atomic E-state index is 12.8. The first-order chi connectivity index (χ1) is 17.2. The molecule has 0 saturated carbocycles. The van der Waals surface area contributed by atoms with E-state index in [0.717, 1.165) is 18.8 Å². The molecule has 0 radical (unpaired) electrons. The Hall–Kier alpha value is -3.57. The van der Waals surface area contributed by atoms with E-state index in [9.17, 15) is 8.42 Å². The molecular weight excluding hydrogens is 502 g/mol. The second kappa shape index (κ2) is 10.6. The minimum absolute atomic E-state index is 0.175. The minimum Gasteiger partial charge on any atom is -0.494 e. The normalized spacial score (nSPS) is 13.7. The Morgan fingerprint density at radius 1 is 1.08 bits per heavy atom. The number of anilines is 5. The molecule has 0 spiro atoms. The predicted octanol–water partition coefficient (Wildman–Crippen LogP) is 4.50. The number of hydrogen-bond donors (Lipinski definition) is 2. The maximum atomic E-state index is 12.8. The van der Waals surface area contributed by atoms with E-state index in [1.54, 1.807) is 51.6 Å². The zero-order valence-electron chi connectivity index (χ0n) is 20.4. The summed E-state index contributed by atoms with van der Waals surface area (Å²) in [5.74, 6) is 1.13. The summed E-state index contributed by atoms with van der Waals surface area (Å²) in [5, 5.41) is 12.1. The minimum atomic E-state index is -3.52. The van der Waals surface area contributed by atoms with Crippen molar-refractivity contribution in [3.05, 3.63) is 53.7 Å². The van der Waals surface area contributed by atoms with Crippen LogP contribution in [0, 0.1) is 0 Å². The van der Waals surface area contributed by atoms with Gasteiger partial charge < -0.3 is 20.3 Å². The second-order valence-corrected chi connectivity index (χ2v) is 11.3. The standard InChI is InChI=1S/C24H28ClN7O3S/c1-16(2)36(33,34)22-8-6-5-7-20(22)28-23-18(25)14-26-24(30-23)29-19-10-9-17(13-21(19)35-4)32-12-11-31(3)27-15-32/h5-10,13-16H,11-12H2,1-4H3,(H2,26,28,29,30). The first kappa shape index (κ1) is 25.5. The van der Waals surface area contributed by atoms with Crippen molar-refractivity contribution in [1.29, 1.82) is 0 Å². The Balaban J connectivity index is 1.60. The fraction of sp³-hybridized carbons (Fsp3) is 0.292. The fourth-order valence-electron chi connectivity index (χ4n) is 3.51. The Bertz CT molecular complexity index is 1380. The van der Waals surface area contributed by atoms with Crippen LogP contribution in [-0.4, -0.2) is 62.2 Å². The SMILES string of the molecule is COc1cc(N2C=NN(C)CC2)ccc1Nc1ncc(Cl)c(Nc2ccccc2S(=O)(=O)C(C)C)n1. The monoisotopic (exact) mass is 529 g/mol. The molecular formula is C24H28ClN7O3S. The molecule has 4 rings (SSSR count). The number of nitrogens with zero attached hydrogens (tertiary/aromatic N) is 5. The van der Waals surface area contributed by atoms with Crippen LogP contribution in [-0.2, 0) is 9.84 Å². The largest absolute Gasteiger partial charge is 0.494 e. The Labute approximate surface area is 215 Å². The number of hydrazone groups is 1. The average Bonchev–Trinajstić information content (AvgIpc) is 2.87. The van der Waals surface area contributed by atoms with Gasteiger partial charge >= 0.3 is 0 Å². The molecule has 3 aromatic rings. The van der Waals surface area contributed by atoms with Crippen molar-refractivity contribution >= 4 is 56.6 Å². The van der Waals surface area contributed by atoms with E-state index >= 15 is 0 Å². The van der Waals surface area contributed by atoms with Crippen LogP contribution in [0.1, 0.15) is 13.8 Å². The van der Waals surface area contributed by atoms with Crippen molar-refractivity contribution in [2.75, 3.05) is 42.8 Å². The lowest BCUT2D eigenvalue weighted by Gasteiger charge is -2.28. The topological polar surface area (TPSA) is 112 Å². The molecule has 0 aliphatic carbocycles. The number of ether oxygens (including phenoxy) is 1. The lowest BCUT2D eigenvalue weighted by Crippen LogP contribution is -2.35. The van der Waals surface area contributed by atoms with Crippen molar-refractivity contribution in [3.63, 3.8) is 0 Å². The van der Waals surface area contributed by atoms with Crippen LogP contribution in [0.15, 0.2) is 58.7 Å². The first-order valence-electron chi connectivity index (χ1n) is 11.3. The van der Waals surface area contributed by atoms with Gasteiger partial charge in [-0.1, -0.05) is 23.7 Å². The zero-order valence-corrected chi connectivity index (χ0v) is 22.0. The third-order valence-corrected chi connectivity index (χ3v) is 8.11. The van der Waals surface area contributed by atoms with Crippen molar-refractivity contribution in [1.82, 2.24) is 15.0 Å². The summed E-state index contributed by atoms with van der Waals surface area (Å²) in [6.07, 6.45) is 3.23. The molecule has 1 aromatic heterocycles. The molecule has 0 amide bonds. The molecule has 0 unspecified atom stereocenters. The summed E-state index contributed by atoms with van der Waals surface area (Å²) in [4.78, 5) is 11.0. The van der Waals surface area contributed by atoms with Crippen molar-refractivity contribution < 1.29 is 13.2 Å². The molecule has 2 heterocycles. The quantitative estimate of drug-likeness (QED) is 0.435. The molecule has 2 aromatic carbocycles. The first-order valence-corrected chi connectivity index (χ1v) is 13.2. The van der Waals surface area contributed by atoms with Gasteiger partial charge in [0, 0.05) is 25.3 Å². The number of halogens is 1. The van der Waals surface area contributed by atoms with E-state index in [-0.39, 0.29) is 21.7 Å². The summed E-state index contributed by atoms with van der Waals surface area (Å²) >= 11 is 6.34. The third kappa shape index (κ3) is 5.47. The van der Waals surface area contributed by atoms with E-state index in [1.807, 2.05) is 35.2 Å². The smallest absolute Gasteiger partial charge is 0.229 e. The predicted molar refractivity (Wildman–Crippen MR) is 144 cm³/mol. The molecule has 190 valence electrons. The van der Waals surface area contributed by atoms with Gasteiger partial charge in [-0.2, -0.15) is 10.1 Å². The molecule has 36 heavy (non-hydrogen) atoms. The average molecular weight is 530 g/mol. The van der Waals surface area contributed by atoms with Gasteiger partial charge in [0.25, 0.3) is 0 Å². The van der Waals surface area contributed by atoms with Gasteiger partial charge in [0.05, 0.1) is 41.4 Å². The van der Waals surface area contributed by atoms with Crippen molar-refractivity contribution in [3.8, 4) is 5.75 Å². The van der Waals surface area contributed by atoms with Crippen LogP contribution >= 0.6 is 11.6 Å². The number of likely N-dealkylation sites (N-methyl/N-ethyl adjacent to an activating group) is 1.